The van der Waals surface area contributed by atoms with Crippen LogP contribution in [-0.4, -0.2) is 32.5 Å². The molecule has 1 atom stereocenters. The summed E-state index contributed by atoms with van der Waals surface area (Å²) in [4.78, 5) is 3.78. The molecule has 1 saturated heterocycles. The molecule has 1 aliphatic heterocycles. The molecule has 0 aromatic carbocycles. The molecular weight excluding hydrogens is 252 g/mol. The molecule has 0 radical (unpaired) electrons. The molecule has 6 nitrogen and oxygen atoms in total. The van der Waals surface area contributed by atoms with Crippen LogP contribution < -0.4 is 10.0 Å². The number of nitriles is 1. The van der Waals surface area contributed by atoms with Gasteiger partial charge in [-0.05, 0) is 31.5 Å². The Morgan fingerprint density at radius 3 is 3.11 bits per heavy atom. The highest BCUT2D eigenvalue weighted by Crippen LogP contribution is 2.09. The summed E-state index contributed by atoms with van der Waals surface area (Å²) >= 11 is 0. The van der Waals surface area contributed by atoms with Crippen molar-refractivity contribution in [3.63, 3.8) is 0 Å². The third-order valence-corrected chi connectivity index (χ3v) is 4.14. The van der Waals surface area contributed by atoms with Gasteiger partial charge < -0.3 is 5.32 Å². The first-order valence-electron chi connectivity index (χ1n) is 5.71. The molecular formula is C11H14N4O2S. The Kier molecular flexibility index (Phi) is 3.91. The zero-order valence-corrected chi connectivity index (χ0v) is 10.6. The van der Waals surface area contributed by atoms with E-state index in [0.29, 0.717) is 6.54 Å². The van der Waals surface area contributed by atoms with E-state index >= 15 is 0 Å². The standard InChI is InChI=1S/C11H14N4O2S/c12-7-9-3-5-14-11(6-9)18(16,17)15-8-10-2-1-4-13-10/h3,5-6,10,13,15H,1-2,4,8H2. The Morgan fingerprint density at radius 2 is 2.44 bits per heavy atom. The number of sulfonamides is 1. The predicted molar refractivity (Wildman–Crippen MR) is 65.2 cm³/mol. The molecule has 2 rings (SSSR count). The van der Waals surface area contributed by atoms with Crippen LogP contribution in [0.1, 0.15) is 18.4 Å². The summed E-state index contributed by atoms with van der Waals surface area (Å²) in [7, 11) is -3.63. The Labute approximate surface area is 106 Å². The van der Waals surface area contributed by atoms with Gasteiger partial charge in [0.15, 0.2) is 5.03 Å². The van der Waals surface area contributed by atoms with Gasteiger partial charge >= 0.3 is 0 Å². The maximum absolute atomic E-state index is 11.9. The molecule has 1 aliphatic rings. The van der Waals surface area contributed by atoms with Gasteiger partial charge in [-0.3, -0.25) is 0 Å². The number of nitrogens with zero attached hydrogens (tertiary/aromatic N) is 2. The quantitative estimate of drug-likeness (QED) is 0.799. The van der Waals surface area contributed by atoms with Gasteiger partial charge in [-0.2, -0.15) is 5.26 Å². The third-order valence-electron chi connectivity index (χ3n) is 2.82. The van der Waals surface area contributed by atoms with Crippen molar-refractivity contribution in [1.29, 1.82) is 5.26 Å². The molecule has 1 unspecified atom stereocenters. The zero-order chi connectivity index (χ0) is 13.0. The van der Waals surface area contributed by atoms with E-state index in [1.54, 1.807) is 0 Å². The van der Waals surface area contributed by atoms with Crippen LogP contribution in [0, 0.1) is 11.3 Å². The van der Waals surface area contributed by atoms with Crippen LogP contribution in [-0.2, 0) is 10.0 Å². The molecule has 1 fully saturated rings. The van der Waals surface area contributed by atoms with Gasteiger partial charge in [0, 0.05) is 18.8 Å². The third kappa shape index (κ3) is 3.04. The number of pyridine rings is 1. The second kappa shape index (κ2) is 5.44. The van der Waals surface area contributed by atoms with Gasteiger partial charge in [0.2, 0.25) is 0 Å². The van der Waals surface area contributed by atoms with E-state index in [1.165, 1.54) is 18.3 Å². The monoisotopic (exact) mass is 266 g/mol. The molecule has 7 heteroatoms. The maximum Gasteiger partial charge on any atom is 0.258 e. The number of rotatable bonds is 4. The fraction of sp³-hybridized carbons (Fsp3) is 0.455. The largest absolute Gasteiger partial charge is 0.313 e. The maximum atomic E-state index is 11.9. The van der Waals surface area contributed by atoms with Gasteiger partial charge in [-0.1, -0.05) is 0 Å². The van der Waals surface area contributed by atoms with Crippen molar-refractivity contribution in [2.75, 3.05) is 13.1 Å². The van der Waals surface area contributed by atoms with Crippen LogP contribution in [0.15, 0.2) is 23.4 Å². The second-order valence-electron chi connectivity index (χ2n) is 4.14. The SMILES string of the molecule is N#Cc1ccnc(S(=O)(=O)NCC2CCCN2)c1. The minimum atomic E-state index is -3.63. The van der Waals surface area contributed by atoms with Crippen LogP contribution in [0.5, 0.6) is 0 Å². The van der Waals surface area contributed by atoms with Crippen molar-refractivity contribution in [3.05, 3.63) is 23.9 Å². The lowest BCUT2D eigenvalue weighted by molar-refractivity contribution is 0.549. The number of nitrogens with one attached hydrogen (secondary N) is 2. The zero-order valence-electron chi connectivity index (χ0n) is 9.76. The van der Waals surface area contributed by atoms with E-state index in [0.717, 1.165) is 19.4 Å². The topological polar surface area (TPSA) is 94.9 Å². The van der Waals surface area contributed by atoms with Crippen molar-refractivity contribution in [3.8, 4) is 6.07 Å². The smallest absolute Gasteiger partial charge is 0.258 e. The Balaban J connectivity index is 2.07. The van der Waals surface area contributed by atoms with Crippen LogP contribution in [0.2, 0.25) is 0 Å². The summed E-state index contributed by atoms with van der Waals surface area (Å²) in [5.41, 5.74) is 0.282. The van der Waals surface area contributed by atoms with E-state index in [2.05, 4.69) is 15.0 Å². The summed E-state index contributed by atoms with van der Waals surface area (Å²) in [6.45, 7) is 1.27. The van der Waals surface area contributed by atoms with Gasteiger partial charge in [0.05, 0.1) is 11.6 Å². The molecule has 1 aromatic rings. The van der Waals surface area contributed by atoms with E-state index in [-0.39, 0.29) is 16.6 Å². The summed E-state index contributed by atoms with van der Waals surface area (Å²) in [6, 6.07) is 4.81. The summed E-state index contributed by atoms with van der Waals surface area (Å²) < 4.78 is 26.4. The molecule has 2 N–H and O–H groups in total. The molecule has 0 aliphatic carbocycles. The normalized spacial score (nSPS) is 19.6. The second-order valence-corrected chi connectivity index (χ2v) is 5.85. The van der Waals surface area contributed by atoms with Crippen molar-refractivity contribution >= 4 is 10.0 Å². The predicted octanol–water partition coefficient (Wildman–Crippen LogP) is -0.0164. The van der Waals surface area contributed by atoms with Gasteiger partial charge in [0.25, 0.3) is 10.0 Å². The molecule has 0 bridgehead atoms. The fourth-order valence-corrected chi connectivity index (χ4v) is 2.89. The highest BCUT2D eigenvalue weighted by Gasteiger charge is 2.20. The summed E-state index contributed by atoms with van der Waals surface area (Å²) in [5.74, 6) is 0. The van der Waals surface area contributed by atoms with Crippen LogP contribution >= 0.6 is 0 Å². The minimum Gasteiger partial charge on any atom is -0.313 e. The summed E-state index contributed by atoms with van der Waals surface area (Å²) in [5, 5.41) is 11.8. The molecule has 18 heavy (non-hydrogen) atoms. The average Bonchev–Trinajstić information content (AvgIpc) is 2.90. The number of aromatic nitrogens is 1. The first-order chi connectivity index (χ1) is 8.62. The van der Waals surface area contributed by atoms with Crippen LogP contribution in [0.4, 0.5) is 0 Å². The van der Waals surface area contributed by atoms with E-state index in [9.17, 15) is 8.42 Å². The minimum absolute atomic E-state index is 0.112. The van der Waals surface area contributed by atoms with E-state index in [1.807, 2.05) is 6.07 Å². The molecule has 0 saturated carbocycles. The molecule has 1 aromatic heterocycles. The number of hydrogen-bond acceptors (Lipinski definition) is 5. The molecule has 2 heterocycles. The lowest BCUT2D eigenvalue weighted by atomic mass is 10.2. The van der Waals surface area contributed by atoms with E-state index in [4.69, 9.17) is 5.26 Å². The van der Waals surface area contributed by atoms with Gasteiger partial charge in [-0.25, -0.2) is 18.1 Å². The van der Waals surface area contributed by atoms with Crippen LogP contribution in [0.3, 0.4) is 0 Å². The molecule has 96 valence electrons. The van der Waals surface area contributed by atoms with Crippen molar-refractivity contribution in [2.24, 2.45) is 0 Å². The summed E-state index contributed by atoms with van der Waals surface area (Å²) in [6.07, 6.45) is 3.35. The first kappa shape index (κ1) is 13.0. The molecule has 0 amide bonds. The van der Waals surface area contributed by atoms with E-state index < -0.39 is 10.0 Å². The van der Waals surface area contributed by atoms with Crippen LogP contribution in [0.25, 0.3) is 0 Å². The van der Waals surface area contributed by atoms with Gasteiger partial charge in [-0.15, -0.1) is 0 Å². The Bertz CT molecular complexity index is 559. The molecule has 0 spiro atoms. The van der Waals surface area contributed by atoms with Gasteiger partial charge in [0.1, 0.15) is 0 Å². The fourth-order valence-electron chi connectivity index (χ4n) is 1.84. The average molecular weight is 266 g/mol. The first-order valence-corrected chi connectivity index (χ1v) is 7.19. The van der Waals surface area contributed by atoms with Crippen molar-refractivity contribution < 1.29 is 8.42 Å². The lowest BCUT2D eigenvalue weighted by Crippen LogP contribution is -2.37. The van der Waals surface area contributed by atoms with Crippen molar-refractivity contribution in [1.82, 2.24) is 15.0 Å². The Hall–Kier alpha value is -1.49. The highest BCUT2D eigenvalue weighted by molar-refractivity contribution is 7.89. The van der Waals surface area contributed by atoms with Crippen molar-refractivity contribution in [2.45, 2.75) is 23.9 Å². The lowest BCUT2D eigenvalue weighted by Gasteiger charge is -2.11. The number of hydrogen-bond donors (Lipinski definition) is 2. The highest BCUT2D eigenvalue weighted by atomic mass is 32.2. The Morgan fingerprint density at radius 1 is 1.61 bits per heavy atom.